The number of phenols is 1. The molecule has 1 rings (SSSR count). The highest BCUT2D eigenvalue weighted by molar-refractivity contribution is 9.10. The molecule has 1 aromatic rings. The van der Waals surface area contributed by atoms with Crippen molar-refractivity contribution in [1.29, 1.82) is 0 Å². The Kier molecular flexibility index (Phi) is 2.24. The van der Waals surface area contributed by atoms with Gasteiger partial charge in [-0.2, -0.15) is 0 Å². The fourth-order valence-corrected chi connectivity index (χ4v) is 1.17. The van der Waals surface area contributed by atoms with Crippen LogP contribution in [0, 0.1) is 0 Å². The molecule has 0 aliphatic heterocycles. The normalized spacial score (nSPS) is 9.64. The molecule has 3 nitrogen and oxygen atoms in total. The smallest absolute Gasteiger partial charge is 0.152 e. The fraction of sp³-hybridized carbons (Fsp3) is 0.143. The minimum Gasteiger partial charge on any atom is -0.505 e. The molecule has 0 fully saturated rings. The second-order valence-corrected chi connectivity index (χ2v) is 2.90. The van der Waals surface area contributed by atoms with Gasteiger partial charge in [0.05, 0.1) is 17.3 Å². The number of hydrogen-bond acceptors (Lipinski definition) is 3. The Labute approximate surface area is 72.9 Å². The first-order chi connectivity index (χ1) is 5.15. The highest BCUT2D eigenvalue weighted by atomic mass is 79.9. The van der Waals surface area contributed by atoms with Gasteiger partial charge in [-0.25, -0.2) is 0 Å². The number of nitrogens with two attached hydrogens (primary N) is 1. The second kappa shape index (κ2) is 3.00. The van der Waals surface area contributed by atoms with Crippen LogP contribution in [-0.4, -0.2) is 12.2 Å². The van der Waals surface area contributed by atoms with Crippen LogP contribution < -0.4 is 10.5 Å². The molecule has 11 heavy (non-hydrogen) atoms. The van der Waals surface area contributed by atoms with E-state index in [-0.39, 0.29) is 5.75 Å². The van der Waals surface area contributed by atoms with E-state index in [9.17, 15) is 5.11 Å². The fourth-order valence-electron chi connectivity index (χ4n) is 0.712. The number of hydrogen-bond donors (Lipinski definition) is 2. The maximum absolute atomic E-state index is 9.20. The number of aromatic hydroxyl groups is 1. The summed E-state index contributed by atoms with van der Waals surface area (Å²) < 4.78 is 5.45. The van der Waals surface area contributed by atoms with Crippen LogP contribution in [0.4, 0.5) is 5.69 Å². The monoisotopic (exact) mass is 217 g/mol. The van der Waals surface area contributed by atoms with Gasteiger partial charge >= 0.3 is 0 Å². The van der Waals surface area contributed by atoms with Crippen LogP contribution in [-0.2, 0) is 0 Å². The van der Waals surface area contributed by atoms with Gasteiger partial charge in [0.1, 0.15) is 5.75 Å². The van der Waals surface area contributed by atoms with Crippen molar-refractivity contribution < 1.29 is 9.84 Å². The largest absolute Gasteiger partial charge is 0.505 e. The van der Waals surface area contributed by atoms with Crippen LogP contribution in [0.1, 0.15) is 0 Å². The van der Waals surface area contributed by atoms with Crippen LogP contribution in [0.3, 0.4) is 0 Å². The van der Waals surface area contributed by atoms with Crippen molar-refractivity contribution in [3.05, 3.63) is 16.6 Å². The van der Waals surface area contributed by atoms with E-state index in [1.54, 1.807) is 12.1 Å². The summed E-state index contributed by atoms with van der Waals surface area (Å²) in [6, 6.07) is 3.20. The molecule has 0 heterocycles. The number of halogens is 1. The lowest BCUT2D eigenvalue weighted by atomic mass is 10.3. The molecule has 0 bridgehead atoms. The molecule has 0 aromatic heterocycles. The summed E-state index contributed by atoms with van der Waals surface area (Å²) in [5.74, 6) is 0.665. The van der Waals surface area contributed by atoms with Crippen molar-refractivity contribution in [3.63, 3.8) is 0 Å². The Morgan fingerprint density at radius 2 is 2.18 bits per heavy atom. The van der Waals surface area contributed by atoms with Crippen molar-refractivity contribution in [2.45, 2.75) is 0 Å². The average molecular weight is 218 g/mol. The SMILES string of the molecule is COc1cc(N)c(O)c(Br)c1. The summed E-state index contributed by atoms with van der Waals surface area (Å²) in [7, 11) is 1.54. The first-order valence-corrected chi connectivity index (χ1v) is 3.76. The zero-order valence-corrected chi connectivity index (χ0v) is 7.55. The van der Waals surface area contributed by atoms with Gasteiger partial charge in [0, 0.05) is 6.07 Å². The van der Waals surface area contributed by atoms with E-state index in [0.29, 0.717) is 15.9 Å². The zero-order chi connectivity index (χ0) is 8.43. The molecule has 0 atom stereocenters. The van der Waals surface area contributed by atoms with E-state index >= 15 is 0 Å². The molecule has 4 heteroatoms. The van der Waals surface area contributed by atoms with Crippen molar-refractivity contribution in [2.24, 2.45) is 0 Å². The van der Waals surface area contributed by atoms with Gasteiger partial charge in [-0.05, 0) is 22.0 Å². The Morgan fingerprint density at radius 3 is 2.64 bits per heavy atom. The van der Waals surface area contributed by atoms with E-state index in [2.05, 4.69) is 15.9 Å². The standard InChI is InChI=1S/C7H8BrNO2/c1-11-4-2-5(8)7(10)6(9)3-4/h2-3,10H,9H2,1H3. The van der Waals surface area contributed by atoms with Crippen molar-refractivity contribution >= 4 is 21.6 Å². The first-order valence-electron chi connectivity index (χ1n) is 2.97. The molecular formula is C7H8BrNO2. The molecule has 0 radical (unpaired) electrons. The minimum atomic E-state index is 0.0470. The lowest BCUT2D eigenvalue weighted by Gasteiger charge is -2.04. The molecular weight excluding hydrogens is 210 g/mol. The van der Waals surface area contributed by atoms with Gasteiger partial charge < -0.3 is 15.6 Å². The maximum atomic E-state index is 9.20. The molecule has 0 aliphatic carbocycles. The average Bonchev–Trinajstić information content (AvgIpc) is 1.99. The molecule has 0 unspecified atom stereocenters. The van der Waals surface area contributed by atoms with Crippen LogP contribution in [0.2, 0.25) is 0 Å². The number of phenolic OH excluding ortho intramolecular Hbond substituents is 1. The number of anilines is 1. The van der Waals surface area contributed by atoms with Crippen molar-refractivity contribution in [2.75, 3.05) is 12.8 Å². The van der Waals surface area contributed by atoms with Gasteiger partial charge in [0.15, 0.2) is 5.75 Å². The van der Waals surface area contributed by atoms with Crippen LogP contribution in [0.5, 0.6) is 11.5 Å². The predicted octanol–water partition coefficient (Wildman–Crippen LogP) is 1.75. The van der Waals surface area contributed by atoms with Crippen molar-refractivity contribution in [1.82, 2.24) is 0 Å². The molecule has 0 saturated carbocycles. The number of nitrogen functional groups attached to an aromatic ring is 1. The molecule has 1 aromatic carbocycles. The Morgan fingerprint density at radius 1 is 1.55 bits per heavy atom. The molecule has 0 aliphatic rings. The quantitative estimate of drug-likeness (QED) is 0.557. The number of ether oxygens (including phenoxy) is 1. The summed E-state index contributed by atoms with van der Waals surface area (Å²) >= 11 is 3.13. The van der Waals surface area contributed by atoms with Gasteiger partial charge in [0.2, 0.25) is 0 Å². The summed E-state index contributed by atoms with van der Waals surface area (Å²) in [5.41, 5.74) is 5.74. The molecule has 60 valence electrons. The predicted molar refractivity (Wildman–Crippen MR) is 46.8 cm³/mol. The van der Waals surface area contributed by atoms with Gasteiger partial charge in [-0.3, -0.25) is 0 Å². The van der Waals surface area contributed by atoms with Crippen molar-refractivity contribution in [3.8, 4) is 11.5 Å². The van der Waals surface area contributed by atoms with Crippen LogP contribution in [0.25, 0.3) is 0 Å². The Bertz CT molecular complexity index is 252. The molecule has 0 spiro atoms. The second-order valence-electron chi connectivity index (χ2n) is 2.05. The van der Waals surface area contributed by atoms with E-state index in [1.165, 1.54) is 7.11 Å². The van der Waals surface area contributed by atoms with Gasteiger partial charge in [-0.15, -0.1) is 0 Å². The summed E-state index contributed by atoms with van der Waals surface area (Å²) in [6.07, 6.45) is 0. The van der Waals surface area contributed by atoms with E-state index in [0.717, 1.165) is 0 Å². The molecule has 0 saturated heterocycles. The summed E-state index contributed by atoms with van der Waals surface area (Å²) in [5, 5.41) is 9.20. The lowest BCUT2D eigenvalue weighted by molar-refractivity contribution is 0.412. The lowest BCUT2D eigenvalue weighted by Crippen LogP contribution is -1.89. The molecule has 3 N–H and O–H groups in total. The highest BCUT2D eigenvalue weighted by Gasteiger charge is 2.04. The Balaban J connectivity index is 3.21. The number of rotatable bonds is 1. The van der Waals surface area contributed by atoms with E-state index in [4.69, 9.17) is 10.5 Å². The third kappa shape index (κ3) is 1.57. The third-order valence-electron chi connectivity index (χ3n) is 1.30. The zero-order valence-electron chi connectivity index (χ0n) is 5.97. The van der Waals surface area contributed by atoms with Gasteiger partial charge in [0.25, 0.3) is 0 Å². The number of benzene rings is 1. The first kappa shape index (κ1) is 8.20. The van der Waals surface area contributed by atoms with E-state index < -0.39 is 0 Å². The molecule has 0 amide bonds. The minimum absolute atomic E-state index is 0.0470. The number of methoxy groups -OCH3 is 1. The highest BCUT2D eigenvalue weighted by Crippen LogP contribution is 2.33. The van der Waals surface area contributed by atoms with Gasteiger partial charge in [-0.1, -0.05) is 0 Å². The maximum Gasteiger partial charge on any atom is 0.152 e. The third-order valence-corrected chi connectivity index (χ3v) is 1.91. The van der Waals surface area contributed by atoms with E-state index in [1.807, 2.05) is 0 Å². The van der Waals surface area contributed by atoms with Crippen LogP contribution >= 0.6 is 15.9 Å². The topological polar surface area (TPSA) is 55.5 Å². The summed E-state index contributed by atoms with van der Waals surface area (Å²) in [4.78, 5) is 0. The summed E-state index contributed by atoms with van der Waals surface area (Å²) in [6.45, 7) is 0. The Hall–Kier alpha value is -0.900. The van der Waals surface area contributed by atoms with Crippen LogP contribution in [0.15, 0.2) is 16.6 Å².